The van der Waals surface area contributed by atoms with Gasteiger partial charge in [-0.2, -0.15) is 5.10 Å². The number of anilines is 1. The van der Waals surface area contributed by atoms with Gasteiger partial charge in [0.1, 0.15) is 12.7 Å². The maximum atomic E-state index is 12.1. The summed E-state index contributed by atoms with van der Waals surface area (Å²) in [6, 6.07) is 4.63. The van der Waals surface area contributed by atoms with Crippen molar-refractivity contribution in [1.29, 1.82) is 0 Å². The first kappa shape index (κ1) is 15.5. The van der Waals surface area contributed by atoms with Crippen molar-refractivity contribution in [2.24, 2.45) is 5.73 Å². The zero-order valence-corrected chi connectivity index (χ0v) is 12.5. The third kappa shape index (κ3) is 4.03. The maximum Gasteiger partial charge on any atom is 0.241 e. The van der Waals surface area contributed by atoms with Crippen LogP contribution in [0.4, 0.5) is 5.69 Å². The van der Waals surface area contributed by atoms with E-state index in [0.29, 0.717) is 22.8 Å². The SMILES string of the molecule is CCCCC(N)C(=O)Nc1cc(Cl)ccc1-n1cncn1. The molecule has 0 saturated heterocycles. The van der Waals surface area contributed by atoms with E-state index in [1.165, 1.54) is 6.33 Å². The number of carbonyl (C=O) groups excluding carboxylic acids is 1. The Kier molecular flexibility index (Phi) is 5.30. The Hall–Kier alpha value is -1.92. The van der Waals surface area contributed by atoms with E-state index in [-0.39, 0.29) is 5.91 Å². The molecule has 0 aliphatic carbocycles. The first-order chi connectivity index (χ1) is 10.1. The summed E-state index contributed by atoms with van der Waals surface area (Å²) in [7, 11) is 0. The Labute approximate surface area is 128 Å². The lowest BCUT2D eigenvalue weighted by Gasteiger charge is -2.15. The molecule has 1 heterocycles. The zero-order chi connectivity index (χ0) is 15.2. The highest BCUT2D eigenvalue weighted by molar-refractivity contribution is 6.31. The Morgan fingerprint density at radius 3 is 3.00 bits per heavy atom. The van der Waals surface area contributed by atoms with Crippen LogP contribution in [0.3, 0.4) is 0 Å². The van der Waals surface area contributed by atoms with Crippen LogP contribution >= 0.6 is 11.6 Å². The van der Waals surface area contributed by atoms with Gasteiger partial charge in [0.05, 0.1) is 17.4 Å². The minimum atomic E-state index is -0.535. The molecule has 1 atom stereocenters. The molecule has 0 aliphatic rings. The highest BCUT2D eigenvalue weighted by atomic mass is 35.5. The monoisotopic (exact) mass is 307 g/mol. The standard InChI is InChI=1S/C14H18ClN5O/c1-2-3-4-11(16)14(21)19-12-7-10(15)5-6-13(12)20-9-17-8-18-20/h5-9,11H,2-4,16H2,1H3,(H,19,21). The van der Waals surface area contributed by atoms with Gasteiger partial charge in [0.15, 0.2) is 0 Å². The molecule has 0 fully saturated rings. The van der Waals surface area contributed by atoms with Gasteiger partial charge in [-0.1, -0.05) is 31.4 Å². The molecule has 21 heavy (non-hydrogen) atoms. The van der Waals surface area contributed by atoms with Crippen molar-refractivity contribution in [3.8, 4) is 5.69 Å². The molecule has 1 amide bonds. The van der Waals surface area contributed by atoms with E-state index < -0.39 is 6.04 Å². The molecular formula is C14H18ClN5O. The number of unbranched alkanes of at least 4 members (excludes halogenated alkanes) is 1. The number of nitrogens with two attached hydrogens (primary N) is 1. The summed E-state index contributed by atoms with van der Waals surface area (Å²) in [6.07, 6.45) is 5.55. The average Bonchev–Trinajstić information content (AvgIpc) is 2.98. The average molecular weight is 308 g/mol. The van der Waals surface area contributed by atoms with Crippen molar-refractivity contribution in [1.82, 2.24) is 14.8 Å². The van der Waals surface area contributed by atoms with Crippen LogP contribution in [0.5, 0.6) is 0 Å². The highest BCUT2D eigenvalue weighted by Gasteiger charge is 2.15. The van der Waals surface area contributed by atoms with E-state index >= 15 is 0 Å². The van der Waals surface area contributed by atoms with Crippen LogP contribution in [0.1, 0.15) is 26.2 Å². The quantitative estimate of drug-likeness (QED) is 0.858. The summed E-state index contributed by atoms with van der Waals surface area (Å²) in [5, 5.41) is 7.39. The minimum Gasteiger partial charge on any atom is -0.323 e. The van der Waals surface area contributed by atoms with Crippen LogP contribution in [-0.4, -0.2) is 26.7 Å². The van der Waals surface area contributed by atoms with Crippen molar-refractivity contribution in [2.75, 3.05) is 5.32 Å². The van der Waals surface area contributed by atoms with Gasteiger partial charge in [0.25, 0.3) is 0 Å². The number of nitrogens with zero attached hydrogens (tertiary/aromatic N) is 3. The van der Waals surface area contributed by atoms with E-state index in [9.17, 15) is 4.79 Å². The number of benzene rings is 1. The fourth-order valence-corrected chi connectivity index (χ4v) is 2.09. The molecule has 0 spiro atoms. The van der Waals surface area contributed by atoms with E-state index in [4.69, 9.17) is 17.3 Å². The summed E-state index contributed by atoms with van der Waals surface area (Å²) in [6.45, 7) is 2.06. The molecule has 7 heteroatoms. The molecule has 112 valence electrons. The second kappa shape index (κ2) is 7.19. The summed E-state index contributed by atoms with van der Waals surface area (Å²) in [5.74, 6) is -0.230. The molecule has 1 aromatic carbocycles. The van der Waals surface area contributed by atoms with Gasteiger partial charge in [0.2, 0.25) is 5.91 Å². The summed E-state index contributed by atoms with van der Waals surface area (Å²) >= 11 is 6.00. The second-order valence-electron chi connectivity index (χ2n) is 4.74. The molecule has 2 rings (SSSR count). The lowest BCUT2D eigenvalue weighted by molar-refractivity contribution is -0.117. The van der Waals surface area contributed by atoms with Gasteiger partial charge in [-0.05, 0) is 24.6 Å². The number of carbonyl (C=O) groups is 1. The molecule has 3 N–H and O–H groups in total. The topological polar surface area (TPSA) is 85.8 Å². The van der Waals surface area contributed by atoms with Crippen molar-refractivity contribution in [2.45, 2.75) is 32.2 Å². The number of amides is 1. The molecule has 2 aromatic rings. The van der Waals surface area contributed by atoms with Gasteiger partial charge in [0, 0.05) is 5.02 Å². The normalized spacial score (nSPS) is 12.1. The number of halogens is 1. The number of rotatable bonds is 6. The highest BCUT2D eigenvalue weighted by Crippen LogP contribution is 2.24. The summed E-state index contributed by atoms with van der Waals surface area (Å²) < 4.78 is 1.56. The molecular weight excluding hydrogens is 290 g/mol. The van der Waals surface area contributed by atoms with Crippen LogP contribution in [-0.2, 0) is 4.79 Å². The van der Waals surface area contributed by atoms with Crippen LogP contribution in [0.25, 0.3) is 5.69 Å². The zero-order valence-electron chi connectivity index (χ0n) is 11.8. The number of aromatic nitrogens is 3. The molecule has 1 unspecified atom stereocenters. The fourth-order valence-electron chi connectivity index (χ4n) is 1.92. The van der Waals surface area contributed by atoms with Crippen molar-refractivity contribution in [3.63, 3.8) is 0 Å². The largest absolute Gasteiger partial charge is 0.323 e. The fraction of sp³-hybridized carbons (Fsp3) is 0.357. The summed E-state index contributed by atoms with van der Waals surface area (Å²) in [4.78, 5) is 16.0. The Morgan fingerprint density at radius 1 is 1.52 bits per heavy atom. The van der Waals surface area contributed by atoms with Gasteiger partial charge in [-0.15, -0.1) is 0 Å². The van der Waals surface area contributed by atoms with Gasteiger partial charge >= 0.3 is 0 Å². The molecule has 6 nitrogen and oxygen atoms in total. The third-order valence-corrected chi connectivity index (χ3v) is 3.32. The van der Waals surface area contributed by atoms with Crippen molar-refractivity contribution in [3.05, 3.63) is 35.9 Å². The Balaban J connectivity index is 2.19. The van der Waals surface area contributed by atoms with Crippen LogP contribution < -0.4 is 11.1 Å². The first-order valence-electron chi connectivity index (χ1n) is 6.82. The van der Waals surface area contributed by atoms with Gasteiger partial charge in [-0.25, -0.2) is 9.67 Å². The third-order valence-electron chi connectivity index (χ3n) is 3.09. The lowest BCUT2D eigenvalue weighted by Crippen LogP contribution is -2.35. The van der Waals surface area contributed by atoms with Crippen molar-refractivity contribution >= 4 is 23.2 Å². The van der Waals surface area contributed by atoms with Gasteiger partial charge in [-0.3, -0.25) is 4.79 Å². The van der Waals surface area contributed by atoms with E-state index in [2.05, 4.69) is 22.3 Å². The number of hydrogen-bond acceptors (Lipinski definition) is 4. The van der Waals surface area contributed by atoms with E-state index in [1.54, 1.807) is 29.2 Å². The van der Waals surface area contributed by atoms with E-state index in [0.717, 1.165) is 12.8 Å². The van der Waals surface area contributed by atoms with Gasteiger partial charge < -0.3 is 11.1 Å². The van der Waals surface area contributed by atoms with Crippen LogP contribution in [0.15, 0.2) is 30.9 Å². The predicted octanol–water partition coefficient (Wildman–Crippen LogP) is 2.38. The molecule has 0 saturated carbocycles. The van der Waals surface area contributed by atoms with Crippen LogP contribution in [0, 0.1) is 0 Å². The summed E-state index contributed by atoms with van der Waals surface area (Å²) in [5.41, 5.74) is 7.13. The first-order valence-corrected chi connectivity index (χ1v) is 7.20. The second-order valence-corrected chi connectivity index (χ2v) is 5.18. The molecule has 0 radical (unpaired) electrons. The minimum absolute atomic E-state index is 0.230. The Bertz CT molecular complexity index is 599. The smallest absolute Gasteiger partial charge is 0.241 e. The number of nitrogens with one attached hydrogen (secondary N) is 1. The molecule has 1 aromatic heterocycles. The molecule has 0 bridgehead atoms. The number of hydrogen-bond donors (Lipinski definition) is 2. The predicted molar refractivity (Wildman–Crippen MR) is 82.5 cm³/mol. The van der Waals surface area contributed by atoms with E-state index in [1.807, 2.05) is 0 Å². The molecule has 0 aliphatic heterocycles. The van der Waals surface area contributed by atoms with Crippen LogP contribution in [0.2, 0.25) is 5.02 Å². The maximum absolute atomic E-state index is 12.1. The Morgan fingerprint density at radius 2 is 2.33 bits per heavy atom. The lowest BCUT2D eigenvalue weighted by atomic mass is 10.1. The van der Waals surface area contributed by atoms with Crippen molar-refractivity contribution < 1.29 is 4.79 Å².